The minimum atomic E-state index is -4.23. The van der Waals surface area contributed by atoms with Gasteiger partial charge in [0.25, 0.3) is 12.3 Å². The van der Waals surface area contributed by atoms with Gasteiger partial charge in [-0.1, -0.05) is 0 Å². The number of anilines is 3. The number of carbonyl (C=O) groups excluding carboxylic acids is 1. The lowest BCUT2D eigenvalue weighted by Gasteiger charge is -2.31. The van der Waals surface area contributed by atoms with E-state index in [-0.39, 0.29) is 48.6 Å². The summed E-state index contributed by atoms with van der Waals surface area (Å²) in [4.78, 5) is 19.1. The average Bonchev–Trinajstić information content (AvgIpc) is 2.73. The molecule has 1 fully saturated rings. The molecule has 1 aliphatic rings. The predicted octanol–water partition coefficient (Wildman–Crippen LogP) is 3.66. The van der Waals surface area contributed by atoms with E-state index in [0.717, 1.165) is 0 Å². The molecule has 2 rings (SSSR count). The van der Waals surface area contributed by atoms with Crippen LogP contribution in [0.25, 0.3) is 0 Å². The quantitative estimate of drug-likeness (QED) is 0.455. The van der Waals surface area contributed by atoms with Crippen molar-refractivity contribution in [2.24, 2.45) is 5.92 Å². The van der Waals surface area contributed by atoms with Gasteiger partial charge in [-0.05, 0) is 38.7 Å². The fourth-order valence-electron chi connectivity index (χ4n) is 3.69. The minimum Gasteiger partial charge on any atom is -0.396 e. The molecular weight excluding hydrogens is 437 g/mol. The molecule has 1 amide bonds. The number of methoxy groups -OCH3 is 1. The number of likely N-dealkylation sites (N-methyl/N-ethyl adjacent to an activating group) is 1. The van der Waals surface area contributed by atoms with Gasteiger partial charge in [0.05, 0.1) is 30.3 Å². The van der Waals surface area contributed by atoms with E-state index in [9.17, 15) is 26.7 Å². The second kappa shape index (κ2) is 11.5. The number of ether oxygens (including phenoxy) is 1. The Balaban J connectivity index is 2.23. The first-order valence-electron chi connectivity index (χ1n) is 10.5. The molecule has 1 saturated carbocycles. The van der Waals surface area contributed by atoms with Crippen molar-refractivity contribution in [3.63, 3.8) is 0 Å². The van der Waals surface area contributed by atoms with Crippen LogP contribution >= 0.6 is 0 Å². The number of hydrogen-bond acceptors (Lipinski definition) is 6. The van der Waals surface area contributed by atoms with E-state index < -0.39 is 37.0 Å². The van der Waals surface area contributed by atoms with Crippen LogP contribution in [0, 0.1) is 5.92 Å². The van der Waals surface area contributed by atoms with Crippen LogP contribution in [-0.4, -0.2) is 62.9 Å². The van der Waals surface area contributed by atoms with Gasteiger partial charge in [-0.2, -0.15) is 13.2 Å². The first-order valence-corrected chi connectivity index (χ1v) is 10.5. The smallest absolute Gasteiger partial charge is 0.391 e. The van der Waals surface area contributed by atoms with Crippen LogP contribution in [0.2, 0.25) is 0 Å². The van der Waals surface area contributed by atoms with E-state index in [1.165, 1.54) is 13.2 Å². The molecule has 1 heterocycles. The molecule has 1 aromatic rings. The lowest BCUT2D eigenvalue weighted by molar-refractivity contribution is -0.182. The molecule has 1 aliphatic carbocycles. The van der Waals surface area contributed by atoms with E-state index in [0.29, 0.717) is 19.7 Å². The maximum absolute atomic E-state index is 13.0. The average molecular weight is 467 g/mol. The molecule has 0 bridgehead atoms. The molecule has 0 unspecified atom stereocenters. The first kappa shape index (κ1) is 25.9. The summed E-state index contributed by atoms with van der Waals surface area (Å²) in [5, 5.41) is 5.25. The summed E-state index contributed by atoms with van der Waals surface area (Å²) in [6.07, 6.45) is -6.53. The van der Waals surface area contributed by atoms with E-state index in [4.69, 9.17) is 10.5 Å². The van der Waals surface area contributed by atoms with E-state index >= 15 is 0 Å². The highest BCUT2D eigenvalue weighted by Gasteiger charge is 2.41. The van der Waals surface area contributed by atoms with Gasteiger partial charge in [-0.15, -0.1) is 0 Å². The lowest BCUT2D eigenvalue weighted by atomic mass is 9.85. The number of hydrogen-bond donors (Lipinski definition) is 3. The molecular formula is C20H30F5N5O2. The zero-order valence-electron chi connectivity index (χ0n) is 18.1. The highest BCUT2D eigenvalue weighted by Crippen LogP contribution is 2.37. The summed E-state index contributed by atoms with van der Waals surface area (Å²) in [5.41, 5.74) is 6.08. The van der Waals surface area contributed by atoms with Crippen molar-refractivity contribution in [1.82, 2.24) is 10.3 Å². The summed E-state index contributed by atoms with van der Waals surface area (Å²) >= 11 is 0. The summed E-state index contributed by atoms with van der Waals surface area (Å²) in [6, 6.07) is 0.948. The van der Waals surface area contributed by atoms with Crippen LogP contribution in [0.1, 0.15) is 43.0 Å². The summed E-state index contributed by atoms with van der Waals surface area (Å²) in [7, 11) is 1.52. The zero-order valence-corrected chi connectivity index (χ0v) is 18.1. The number of carbonyl (C=O) groups is 1. The third kappa shape index (κ3) is 7.07. The molecule has 0 radical (unpaired) electrons. The molecule has 0 aromatic carbocycles. The third-order valence-electron chi connectivity index (χ3n) is 5.47. The number of rotatable bonds is 10. The number of nitrogens with two attached hydrogens (primary N) is 1. The number of pyridine rings is 1. The van der Waals surface area contributed by atoms with Crippen molar-refractivity contribution in [2.75, 3.05) is 49.3 Å². The molecule has 4 N–H and O–H groups in total. The third-order valence-corrected chi connectivity index (χ3v) is 5.47. The van der Waals surface area contributed by atoms with Crippen molar-refractivity contribution < 1.29 is 31.5 Å². The van der Waals surface area contributed by atoms with Gasteiger partial charge in [-0.3, -0.25) is 4.79 Å². The molecule has 0 saturated heterocycles. The van der Waals surface area contributed by atoms with E-state index in [1.807, 2.05) is 6.92 Å². The molecule has 0 spiro atoms. The van der Waals surface area contributed by atoms with Gasteiger partial charge in [-0.25, -0.2) is 13.8 Å². The second-order valence-corrected chi connectivity index (χ2v) is 7.71. The van der Waals surface area contributed by atoms with E-state index in [2.05, 4.69) is 15.6 Å². The normalized spacial score (nSPS) is 19.1. The van der Waals surface area contributed by atoms with Crippen molar-refractivity contribution in [1.29, 1.82) is 0 Å². The largest absolute Gasteiger partial charge is 0.396 e. The topological polar surface area (TPSA) is 92.5 Å². The van der Waals surface area contributed by atoms with Gasteiger partial charge in [0, 0.05) is 26.2 Å². The Bertz CT molecular complexity index is 755. The van der Waals surface area contributed by atoms with Crippen molar-refractivity contribution >= 4 is 23.2 Å². The number of aromatic nitrogens is 1. The van der Waals surface area contributed by atoms with Gasteiger partial charge in [0.15, 0.2) is 5.82 Å². The van der Waals surface area contributed by atoms with Crippen molar-refractivity contribution in [2.45, 2.75) is 51.3 Å². The van der Waals surface area contributed by atoms with Gasteiger partial charge in [0.2, 0.25) is 0 Å². The van der Waals surface area contributed by atoms with Gasteiger partial charge >= 0.3 is 6.18 Å². The highest BCUT2D eigenvalue weighted by atomic mass is 19.4. The van der Waals surface area contributed by atoms with Crippen molar-refractivity contribution in [3.8, 4) is 0 Å². The Hall–Kier alpha value is -2.37. The molecule has 0 atom stereocenters. The van der Waals surface area contributed by atoms with Crippen LogP contribution in [0.3, 0.4) is 0 Å². The molecule has 12 heteroatoms. The second-order valence-electron chi connectivity index (χ2n) is 7.71. The molecule has 182 valence electrons. The SMILES string of the molecule is CCN(CCOC)c1nc(NCC(F)F)c(N)cc1C(=O)NC1CCC(C(F)(F)F)CC1. The molecule has 7 nitrogen and oxygen atoms in total. The summed E-state index contributed by atoms with van der Waals surface area (Å²) in [6.45, 7) is 2.35. The van der Waals surface area contributed by atoms with Crippen LogP contribution < -0.4 is 21.3 Å². The van der Waals surface area contributed by atoms with Crippen LogP contribution in [-0.2, 0) is 4.74 Å². The van der Waals surface area contributed by atoms with Gasteiger partial charge in [0.1, 0.15) is 5.82 Å². The zero-order chi connectivity index (χ0) is 23.9. The van der Waals surface area contributed by atoms with E-state index in [1.54, 1.807) is 4.90 Å². The van der Waals surface area contributed by atoms with Crippen LogP contribution in [0.15, 0.2) is 6.07 Å². The summed E-state index contributed by atoms with van der Waals surface area (Å²) in [5.74, 6) is -1.62. The number of nitrogen functional groups attached to an aromatic ring is 1. The minimum absolute atomic E-state index is 0.0168. The number of alkyl halides is 5. The maximum Gasteiger partial charge on any atom is 0.391 e. The number of amides is 1. The standard InChI is InChI=1S/C20H30F5N5O2/c1-3-30(8-9-32-2)18-14(10-15(26)17(29-18)27-11-16(21)22)19(31)28-13-6-4-12(5-7-13)20(23,24)25/h10,12-13,16H,3-9,11,26H2,1-2H3,(H,27,29)(H,28,31). The molecule has 32 heavy (non-hydrogen) atoms. The number of nitrogens with zero attached hydrogens (tertiary/aromatic N) is 2. The number of nitrogens with one attached hydrogen (secondary N) is 2. The molecule has 1 aromatic heterocycles. The Kier molecular flexibility index (Phi) is 9.29. The lowest BCUT2D eigenvalue weighted by Crippen LogP contribution is -2.41. The fraction of sp³-hybridized carbons (Fsp3) is 0.700. The van der Waals surface area contributed by atoms with Crippen LogP contribution in [0.5, 0.6) is 0 Å². The maximum atomic E-state index is 13.0. The Morgan fingerprint density at radius 1 is 1.31 bits per heavy atom. The van der Waals surface area contributed by atoms with Gasteiger partial charge < -0.3 is 26.0 Å². The monoisotopic (exact) mass is 467 g/mol. The Labute approximate surface area is 183 Å². The summed E-state index contributed by atoms with van der Waals surface area (Å²) < 4.78 is 69.0. The number of halogens is 5. The highest BCUT2D eigenvalue weighted by molar-refractivity contribution is 6.00. The predicted molar refractivity (Wildman–Crippen MR) is 112 cm³/mol. The first-order chi connectivity index (χ1) is 15.1. The Morgan fingerprint density at radius 3 is 2.50 bits per heavy atom. The Morgan fingerprint density at radius 2 is 1.97 bits per heavy atom. The molecule has 0 aliphatic heterocycles. The fourth-order valence-corrected chi connectivity index (χ4v) is 3.69. The van der Waals surface area contributed by atoms with Crippen LogP contribution in [0.4, 0.5) is 39.3 Å². The van der Waals surface area contributed by atoms with Crippen molar-refractivity contribution in [3.05, 3.63) is 11.6 Å².